The Bertz CT molecular complexity index is 873. The highest BCUT2D eigenvalue weighted by atomic mass is 35.5. The second-order valence-corrected chi connectivity index (χ2v) is 7.46. The van der Waals surface area contributed by atoms with Crippen LogP contribution in [0.3, 0.4) is 0 Å². The van der Waals surface area contributed by atoms with Gasteiger partial charge in [-0.3, -0.25) is 0 Å². The van der Waals surface area contributed by atoms with Gasteiger partial charge in [-0.15, -0.1) is 24.2 Å². The maximum atomic E-state index is 13.6. The van der Waals surface area contributed by atoms with Crippen molar-refractivity contribution in [2.24, 2.45) is 5.92 Å². The van der Waals surface area contributed by atoms with Crippen LogP contribution in [0.25, 0.3) is 22.2 Å². The Morgan fingerprint density at radius 3 is 2.58 bits per heavy atom. The normalized spacial score (nSPS) is 15.2. The van der Waals surface area contributed by atoms with Gasteiger partial charge in [0.25, 0.3) is 0 Å². The van der Waals surface area contributed by atoms with Crippen LogP contribution in [0.5, 0.6) is 0 Å². The number of aromatic amines is 1. The van der Waals surface area contributed by atoms with Gasteiger partial charge in [-0.1, -0.05) is 0 Å². The molecular formula is C19H20ClF2N3S. The molecule has 1 saturated heterocycles. The number of fused-ring (bicyclic) bond motifs is 1. The first-order valence-corrected chi connectivity index (χ1v) is 9.45. The molecular weight excluding hydrogens is 376 g/mol. The summed E-state index contributed by atoms with van der Waals surface area (Å²) >= 11 is 1.80. The Labute approximate surface area is 161 Å². The summed E-state index contributed by atoms with van der Waals surface area (Å²) in [6.45, 7) is 2.16. The van der Waals surface area contributed by atoms with Gasteiger partial charge in [0.05, 0.1) is 0 Å². The second kappa shape index (κ2) is 8.37. The minimum atomic E-state index is -0.572. The van der Waals surface area contributed by atoms with E-state index in [1.807, 2.05) is 6.07 Å². The lowest BCUT2D eigenvalue weighted by Crippen LogP contribution is -2.28. The quantitative estimate of drug-likeness (QED) is 0.609. The first-order valence-electron chi connectivity index (χ1n) is 8.47. The number of H-pyrrole nitrogens is 1. The summed E-state index contributed by atoms with van der Waals surface area (Å²) in [7, 11) is 0. The van der Waals surface area contributed by atoms with Gasteiger partial charge in [0, 0.05) is 40.1 Å². The van der Waals surface area contributed by atoms with Crippen molar-refractivity contribution in [1.82, 2.24) is 15.3 Å². The molecule has 2 N–H and O–H groups in total. The van der Waals surface area contributed by atoms with Gasteiger partial charge in [-0.25, -0.2) is 13.8 Å². The number of benzene rings is 1. The number of nitrogens with zero attached hydrogens (tertiary/aromatic N) is 1. The monoisotopic (exact) mass is 395 g/mol. The lowest BCUT2D eigenvalue weighted by atomic mass is 10.0. The van der Waals surface area contributed by atoms with Crippen LogP contribution >= 0.6 is 24.2 Å². The third-order valence-electron chi connectivity index (χ3n) is 4.64. The molecule has 3 heterocycles. The van der Waals surface area contributed by atoms with Crippen LogP contribution in [0.4, 0.5) is 8.78 Å². The summed E-state index contributed by atoms with van der Waals surface area (Å²) in [6.07, 6.45) is 5.94. The van der Waals surface area contributed by atoms with Crippen LogP contribution in [0.15, 0.2) is 41.6 Å². The predicted molar refractivity (Wildman–Crippen MR) is 105 cm³/mol. The average Bonchev–Trinajstić information content (AvgIpc) is 3.05. The number of rotatable bonds is 4. The first kappa shape index (κ1) is 19.1. The SMILES string of the molecule is Cl.Fc1cc(F)cc(-c2c[nH]c3nccc(SCC4CCNCC4)c23)c1. The third-order valence-corrected chi connectivity index (χ3v) is 5.93. The zero-order chi connectivity index (χ0) is 17.2. The number of aromatic nitrogens is 2. The van der Waals surface area contributed by atoms with E-state index in [0.29, 0.717) is 11.5 Å². The van der Waals surface area contributed by atoms with E-state index >= 15 is 0 Å². The molecule has 1 aliphatic rings. The van der Waals surface area contributed by atoms with E-state index in [9.17, 15) is 8.78 Å². The van der Waals surface area contributed by atoms with E-state index in [-0.39, 0.29) is 12.4 Å². The van der Waals surface area contributed by atoms with Crippen LogP contribution in [0, 0.1) is 17.6 Å². The van der Waals surface area contributed by atoms with E-state index in [1.165, 1.54) is 25.0 Å². The first-order chi connectivity index (χ1) is 12.2. The number of nitrogens with one attached hydrogen (secondary N) is 2. The summed E-state index contributed by atoms with van der Waals surface area (Å²) in [5.41, 5.74) is 2.06. The molecule has 3 nitrogen and oxygen atoms in total. The summed E-state index contributed by atoms with van der Waals surface area (Å²) in [6, 6.07) is 5.60. The van der Waals surface area contributed by atoms with Gasteiger partial charge in [0.1, 0.15) is 17.3 Å². The molecule has 0 bridgehead atoms. The highest BCUT2D eigenvalue weighted by molar-refractivity contribution is 7.99. The highest BCUT2D eigenvalue weighted by Crippen LogP contribution is 2.36. The molecule has 0 unspecified atom stereocenters. The fourth-order valence-corrected chi connectivity index (χ4v) is 4.60. The van der Waals surface area contributed by atoms with Crippen LogP contribution in [0.1, 0.15) is 12.8 Å². The zero-order valence-corrected chi connectivity index (χ0v) is 15.7. The van der Waals surface area contributed by atoms with E-state index in [4.69, 9.17) is 0 Å². The third kappa shape index (κ3) is 4.03. The topological polar surface area (TPSA) is 40.7 Å². The molecule has 1 aliphatic heterocycles. The standard InChI is InChI=1S/C19H19F2N3S.ClH/c20-14-7-13(8-15(21)9-14)16-10-24-19-18(16)17(3-6-23-19)25-11-12-1-4-22-5-2-12;/h3,6-10,12,22H,1-2,4-5,11H2,(H,23,24);1H. The lowest BCUT2D eigenvalue weighted by molar-refractivity contribution is 0.408. The Kier molecular flexibility index (Phi) is 6.16. The Morgan fingerprint density at radius 2 is 1.85 bits per heavy atom. The predicted octanol–water partition coefficient (Wildman–Crippen LogP) is 5.02. The largest absolute Gasteiger partial charge is 0.345 e. The molecule has 1 fully saturated rings. The number of hydrogen-bond donors (Lipinski definition) is 2. The average molecular weight is 396 g/mol. The molecule has 0 saturated carbocycles. The van der Waals surface area contributed by atoms with Crippen molar-refractivity contribution in [1.29, 1.82) is 0 Å². The second-order valence-electron chi connectivity index (χ2n) is 6.40. The van der Waals surface area contributed by atoms with Crippen molar-refractivity contribution in [2.45, 2.75) is 17.7 Å². The summed E-state index contributed by atoms with van der Waals surface area (Å²) in [4.78, 5) is 8.59. The fourth-order valence-electron chi connectivity index (χ4n) is 3.34. The summed E-state index contributed by atoms with van der Waals surface area (Å²) in [5.74, 6) is 0.598. The molecule has 1 aromatic carbocycles. The fraction of sp³-hybridized carbons (Fsp3) is 0.316. The van der Waals surface area contributed by atoms with E-state index in [2.05, 4.69) is 15.3 Å². The van der Waals surface area contributed by atoms with Crippen molar-refractivity contribution in [3.05, 3.63) is 48.3 Å². The Morgan fingerprint density at radius 1 is 1.12 bits per heavy atom. The molecule has 2 aromatic heterocycles. The van der Waals surface area contributed by atoms with Crippen molar-refractivity contribution < 1.29 is 8.78 Å². The number of pyridine rings is 1. The van der Waals surface area contributed by atoms with E-state index < -0.39 is 11.6 Å². The highest BCUT2D eigenvalue weighted by Gasteiger charge is 2.17. The molecule has 0 atom stereocenters. The molecule has 138 valence electrons. The molecule has 26 heavy (non-hydrogen) atoms. The molecule has 3 aromatic rings. The van der Waals surface area contributed by atoms with Gasteiger partial charge < -0.3 is 10.3 Å². The van der Waals surface area contributed by atoms with Crippen LogP contribution < -0.4 is 5.32 Å². The number of thioether (sulfide) groups is 1. The number of hydrogen-bond acceptors (Lipinski definition) is 3. The summed E-state index contributed by atoms with van der Waals surface area (Å²) in [5, 5.41) is 4.32. The van der Waals surface area contributed by atoms with E-state index in [0.717, 1.165) is 46.4 Å². The van der Waals surface area contributed by atoms with E-state index in [1.54, 1.807) is 24.2 Å². The van der Waals surface area contributed by atoms with Gasteiger partial charge in [-0.05, 0) is 55.6 Å². The van der Waals surface area contributed by atoms with Crippen molar-refractivity contribution in [3.8, 4) is 11.1 Å². The molecule has 4 rings (SSSR count). The van der Waals surface area contributed by atoms with Crippen LogP contribution in [-0.4, -0.2) is 28.8 Å². The maximum Gasteiger partial charge on any atom is 0.138 e. The van der Waals surface area contributed by atoms with Gasteiger partial charge in [0.15, 0.2) is 0 Å². The van der Waals surface area contributed by atoms with Gasteiger partial charge in [0.2, 0.25) is 0 Å². The minimum absolute atomic E-state index is 0. The van der Waals surface area contributed by atoms with Gasteiger partial charge >= 0.3 is 0 Å². The van der Waals surface area contributed by atoms with Crippen LogP contribution in [0.2, 0.25) is 0 Å². The van der Waals surface area contributed by atoms with Crippen molar-refractivity contribution in [2.75, 3.05) is 18.8 Å². The molecule has 7 heteroatoms. The van der Waals surface area contributed by atoms with Crippen LogP contribution in [-0.2, 0) is 0 Å². The number of halogens is 3. The Balaban J connectivity index is 0.00000196. The molecule has 0 aliphatic carbocycles. The van der Waals surface area contributed by atoms with Crippen molar-refractivity contribution >= 4 is 35.2 Å². The zero-order valence-electron chi connectivity index (χ0n) is 14.1. The molecule has 0 amide bonds. The maximum absolute atomic E-state index is 13.6. The Hall–Kier alpha value is -1.63. The van der Waals surface area contributed by atoms with Crippen molar-refractivity contribution in [3.63, 3.8) is 0 Å². The molecule has 0 spiro atoms. The van der Waals surface area contributed by atoms with Gasteiger partial charge in [-0.2, -0.15) is 0 Å². The smallest absolute Gasteiger partial charge is 0.138 e. The number of piperidine rings is 1. The lowest BCUT2D eigenvalue weighted by Gasteiger charge is -2.22. The molecule has 0 radical (unpaired) electrons. The minimum Gasteiger partial charge on any atom is -0.345 e. The summed E-state index contributed by atoms with van der Waals surface area (Å²) < 4.78 is 27.3.